The maximum absolute atomic E-state index is 9.20. The summed E-state index contributed by atoms with van der Waals surface area (Å²) in [5, 5.41) is 9.20. The Labute approximate surface area is 107 Å². The standard InChI is InChI=1S/C15H18OS/c1-15(9-3-2-4-10-15)12-17-11-13-5-7-14(16)8-6-13/h2-9,16H,10-12H2,1H3. The van der Waals surface area contributed by atoms with Crippen molar-refractivity contribution in [2.75, 3.05) is 5.75 Å². The minimum Gasteiger partial charge on any atom is -0.508 e. The summed E-state index contributed by atoms with van der Waals surface area (Å²) in [5.41, 5.74) is 1.57. The van der Waals surface area contributed by atoms with Crippen LogP contribution in [0.1, 0.15) is 18.9 Å². The molecule has 0 aromatic heterocycles. The van der Waals surface area contributed by atoms with Crippen molar-refractivity contribution >= 4 is 11.8 Å². The molecule has 1 aliphatic rings. The Balaban J connectivity index is 1.81. The van der Waals surface area contributed by atoms with Gasteiger partial charge in [-0.05, 0) is 29.5 Å². The molecule has 2 rings (SSSR count). The zero-order valence-corrected chi connectivity index (χ0v) is 10.9. The van der Waals surface area contributed by atoms with Crippen LogP contribution in [0.15, 0.2) is 48.6 Å². The number of hydrogen-bond donors (Lipinski definition) is 1. The number of thioether (sulfide) groups is 1. The molecular weight excluding hydrogens is 228 g/mol. The molecule has 1 unspecified atom stereocenters. The van der Waals surface area contributed by atoms with E-state index in [1.807, 2.05) is 23.9 Å². The number of phenolic OH excluding ortho intramolecular Hbond substituents is 1. The highest BCUT2D eigenvalue weighted by Crippen LogP contribution is 2.32. The number of phenols is 1. The topological polar surface area (TPSA) is 20.2 Å². The molecule has 0 saturated carbocycles. The number of benzene rings is 1. The van der Waals surface area contributed by atoms with E-state index in [0.717, 1.165) is 17.9 Å². The van der Waals surface area contributed by atoms with Crippen LogP contribution < -0.4 is 0 Å². The van der Waals surface area contributed by atoms with Crippen molar-refractivity contribution in [1.29, 1.82) is 0 Å². The third kappa shape index (κ3) is 3.67. The molecule has 17 heavy (non-hydrogen) atoms. The zero-order chi connectivity index (χ0) is 12.1. The average molecular weight is 246 g/mol. The largest absolute Gasteiger partial charge is 0.508 e. The second kappa shape index (κ2) is 5.46. The molecule has 1 nitrogen and oxygen atoms in total. The molecule has 0 heterocycles. The first-order chi connectivity index (χ1) is 8.18. The highest BCUT2D eigenvalue weighted by atomic mass is 32.2. The monoisotopic (exact) mass is 246 g/mol. The third-order valence-electron chi connectivity index (χ3n) is 2.97. The molecular formula is C15H18OS. The van der Waals surface area contributed by atoms with Crippen LogP contribution in [0.25, 0.3) is 0 Å². The minimum absolute atomic E-state index is 0.302. The van der Waals surface area contributed by atoms with Gasteiger partial charge in [0.1, 0.15) is 5.75 Å². The first-order valence-corrected chi connectivity index (χ1v) is 7.03. The van der Waals surface area contributed by atoms with E-state index >= 15 is 0 Å². The van der Waals surface area contributed by atoms with Crippen molar-refractivity contribution in [2.24, 2.45) is 5.41 Å². The van der Waals surface area contributed by atoms with Gasteiger partial charge in [0.2, 0.25) is 0 Å². The van der Waals surface area contributed by atoms with Gasteiger partial charge in [-0.25, -0.2) is 0 Å². The average Bonchev–Trinajstić information content (AvgIpc) is 2.32. The first kappa shape index (κ1) is 12.3. The number of hydrogen-bond acceptors (Lipinski definition) is 2. The Morgan fingerprint density at radius 1 is 1.24 bits per heavy atom. The molecule has 0 aliphatic heterocycles. The summed E-state index contributed by atoms with van der Waals surface area (Å²) in [6.45, 7) is 2.30. The van der Waals surface area contributed by atoms with Gasteiger partial charge in [0.05, 0.1) is 0 Å². The zero-order valence-electron chi connectivity index (χ0n) is 10.1. The fourth-order valence-corrected chi connectivity index (χ4v) is 3.08. The van der Waals surface area contributed by atoms with E-state index in [2.05, 4.69) is 31.2 Å². The predicted octanol–water partition coefficient (Wildman–Crippen LogP) is 4.15. The lowest BCUT2D eigenvalue weighted by molar-refractivity contribution is 0.475. The second-order valence-electron chi connectivity index (χ2n) is 4.80. The summed E-state index contributed by atoms with van der Waals surface area (Å²) < 4.78 is 0. The van der Waals surface area contributed by atoms with Crippen LogP contribution in [-0.4, -0.2) is 10.9 Å². The Kier molecular flexibility index (Phi) is 3.95. The van der Waals surface area contributed by atoms with Crippen molar-refractivity contribution in [3.63, 3.8) is 0 Å². The Morgan fingerprint density at radius 2 is 2.00 bits per heavy atom. The van der Waals surface area contributed by atoms with Gasteiger partial charge in [-0.2, -0.15) is 11.8 Å². The summed E-state index contributed by atoms with van der Waals surface area (Å²) in [5.74, 6) is 2.48. The van der Waals surface area contributed by atoms with Gasteiger partial charge in [0.15, 0.2) is 0 Å². The van der Waals surface area contributed by atoms with E-state index in [-0.39, 0.29) is 0 Å². The van der Waals surface area contributed by atoms with Gasteiger partial charge in [-0.3, -0.25) is 0 Å². The fourth-order valence-electron chi connectivity index (χ4n) is 1.87. The van der Waals surface area contributed by atoms with Crippen molar-refractivity contribution in [1.82, 2.24) is 0 Å². The van der Waals surface area contributed by atoms with Gasteiger partial charge < -0.3 is 5.11 Å². The molecule has 2 heteroatoms. The normalized spacial score (nSPS) is 22.9. The van der Waals surface area contributed by atoms with E-state index in [9.17, 15) is 5.11 Å². The molecule has 1 aromatic carbocycles. The fraction of sp³-hybridized carbons (Fsp3) is 0.333. The predicted molar refractivity (Wildman–Crippen MR) is 75.3 cm³/mol. The number of aromatic hydroxyl groups is 1. The van der Waals surface area contributed by atoms with Crippen LogP contribution in [0, 0.1) is 5.41 Å². The van der Waals surface area contributed by atoms with Crippen LogP contribution in [0.5, 0.6) is 5.75 Å². The quantitative estimate of drug-likeness (QED) is 0.861. The van der Waals surface area contributed by atoms with E-state index in [4.69, 9.17) is 0 Å². The Morgan fingerprint density at radius 3 is 2.65 bits per heavy atom. The Hall–Kier alpha value is -1.15. The van der Waals surface area contributed by atoms with Crippen molar-refractivity contribution in [3.8, 4) is 5.75 Å². The molecule has 1 aliphatic carbocycles. The van der Waals surface area contributed by atoms with E-state index in [1.165, 1.54) is 5.56 Å². The van der Waals surface area contributed by atoms with E-state index in [0.29, 0.717) is 11.2 Å². The van der Waals surface area contributed by atoms with Crippen LogP contribution >= 0.6 is 11.8 Å². The summed E-state index contributed by atoms with van der Waals surface area (Å²) in [6, 6.07) is 7.48. The van der Waals surface area contributed by atoms with Gasteiger partial charge in [-0.15, -0.1) is 0 Å². The lowest BCUT2D eigenvalue weighted by atomic mass is 9.86. The van der Waals surface area contributed by atoms with Crippen LogP contribution in [0.3, 0.4) is 0 Å². The van der Waals surface area contributed by atoms with Gasteiger partial charge in [-0.1, -0.05) is 43.4 Å². The molecule has 0 bridgehead atoms. The smallest absolute Gasteiger partial charge is 0.115 e. The molecule has 1 N–H and O–H groups in total. The molecule has 0 fully saturated rings. The molecule has 0 spiro atoms. The van der Waals surface area contributed by atoms with Crippen molar-refractivity contribution < 1.29 is 5.11 Å². The molecule has 0 radical (unpaired) electrons. The van der Waals surface area contributed by atoms with Crippen LogP contribution in [-0.2, 0) is 5.75 Å². The van der Waals surface area contributed by atoms with Gasteiger partial charge >= 0.3 is 0 Å². The lowest BCUT2D eigenvalue weighted by Crippen LogP contribution is -2.17. The minimum atomic E-state index is 0.302. The first-order valence-electron chi connectivity index (χ1n) is 5.88. The molecule has 1 aromatic rings. The highest BCUT2D eigenvalue weighted by molar-refractivity contribution is 7.98. The molecule has 0 saturated heterocycles. The van der Waals surface area contributed by atoms with Gasteiger partial charge in [0.25, 0.3) is 0 Å². The van der Waals surface area contributed by atoms with E-state index < -0.39 is 0 Å². The summed E-state index contributed by atoms with van der Waals surface area (Å²) in [6.07, 6.45) is 9.93. The van der Waals surface area contributed by atoms with Gasteiger partial charge in [0, 0.05) is 11.5 Å². The SMILES string of the molecule is CC1(CSCc2ccc(O)cc2)C=CC=CC1. The maximum Gasteiger partial charge on any atom is 0.115 e. The molecule has 1 atom stereocenters. The number of allylic oxidation sites excluding steroid dienone is 4. The molecule has 90 valence electrons. The van der Waals surface area contributed by atoms with Crippen LogP contribution in [0.4, 0.5) is 0 Å². The van der Waals surface area contributed by atoms with Crippen molar-refractivity contribution in [3.05, 3.63) is 54.1 Å². The van der Waals surface area contributed by atoms with Crippen molar-refractivity contribution in [2.45, 2.75) is 19.1 Å². The van der Waals surface area contributed by atoms with E-state index in [1.54, 1.807) is 12.1 Å². The summed E-state index contributed by atoms with van der Waals surface area (Å²) in [4.78, 5) is 0. The number of rotatable bonds is 4. The highest BCUT2D eigenvalue weighted by Gasteiger charge is 2.20. The third-order valence-corrected chi connectivity index (χ3v) is 4.37. The van der Waals surface area contributed by atoms with Crippen LogP contribution in [0.2, 0.25) is 0 Å². The molecule has 0 amide bonds. The second-order valence-corrected chi connectivity index (χ2v) is 5.79. The Bertz CT molecular complexity index is 419. The summed E-state index contributed by atoms with van der Waals surface area (Å²) in [7, 11) is 0. The lowest BCUT2D eigenvalue weighted by Gasteiger charge is -2.25. The maximum atomic E-state index is 9.20. The summed E-state index contributed by atoms with van der Waals surface area (Å²) >= 11 is 1.95.